The summed E-state index contributed by atoms with van der Waals surface area (Å²) < 4.78 is 25.8. The standard InChI is InChI=1S/C28H36ClN8O6P/c1-2-3-4-5-11-36-14-20(12-30-36)26(38)34-10-6-9-28(16-34)17-35(18-28)24-22-13-31-37(25(22)33-27(29)32-24)23-8-7-21(43-23)15-42-19-44(39,40)41/h1,12-14,21,23H,3-11,15-19H2,(H2,39,40,41). The topological polar surface area (TPSA) is 161 Å². The Balaban J connectivity index is 1.08. The molecule has 44 heavy (non-hydrogen) atoms. The Labute approximate surface area is 259 Å². The Morgan fingerprint density at radius 2 is 2.05 bits per heavy atom. The minimum absolute atomic E-state index is 0.00755. The van der Waals surface area contributed by atoms with E-state index in [0.717, 1.165) is 63.7 Å². The second-order valence-electron chi connectivity index (χ2n) is 11.9. The van der Waals surface area contributed by atoms with Gasteiger partial charge in [-0.2, -0.15) is 20.2 Å². The molecule has 6 heterocycles. The van der Waals surface area contributed by atoms with Crippen molar-refractivity contribution in [3.63, 3.8) is 0 Å². The van der Waals surface area contributed by atoms with E-state index in [4.69, 9.17) is 37.3 Å². The number of nitrogens with zero attached hydrogens (tertiary/aromatic N) is 8. The van der Waals surface area contributed by atoms with Crippen molar-refractivity contribution in [1.29, 1.82) is 0 Å². The van der Waals surface area contributed by atoms with E-state index in [2.05, 4.69) is 31.0 Å². The molecular formula is C28H36ClN8O6P. The number of hydrogen-bond acceptors (Lipinski definition) is 9. The second-order valence-corrected chi connectivity index (χ2v) is 13.9. The summed E-state index contributed by atoms with van der Waals surface area (Å²) in [5, 5.41) is 9.78. The molecule has 0 saturated carbocycles. The van der Waals surface area contributed by atoms with Crippen molar-refractivity contribution in [2.24, 2.45) is 5.41 Å². The van der Waals surface area contributed by atoms with Gasteiger partial charge >= 0.3 is 7.60 Å². The van der Waals surface area contributed by atoms with Crippen LogP contribution in [0, 0.1) is 17.8 Å². The van der Waals surface area contributed by atoms with E-state index < -0.39 is 20.2 Å². The van der Waals surface area contributed by atoms with Crippen LogP contribution < -0.4 is 4.90 Å². The van der Waals surface area contributed by atoms with Gasteiger partial charge in [-0.25, -0.2) is 4.68 Å². The SMILES string of the molecule is C#CCCCCn1cc(C(=O)N2CCCC3(C2)CN(c2nc(Cl)nc4c2cnn4C2CCC(COCP(=O)(O)O)O2)C3)cn1. The van der Waals surface area contributed by atoms with Crippen molar-refractivity contribution < 1.29 is 28.6 Å². The first-order valence-corrected chi connectivity index (χ1v) is 17.0. The maximum Gasteiger partial charge on any atom is 0.350 e. The molecule has 0 aromatic carbocycles. The van der Waals surface area contributed by atoms with Gasteiger partial charge in [0.05, 0.1) is 36.1 Å². The van der Waals surface area contributed by atoms with E-state index >= 15 is 0 Å². The van der Waals surface area contributed by atoms with Crippen LogP contribution in [-0.2, 0) is 20.6 Å². The van der Waals surface area contributed by atoms with Gasteiger partial charge in [0.15, 0.2) is 11.9 Å². The summed E-state index contributed by atoms with van der Waals surface area (Å²) in [4.78, 5) is 44.5. The fraction of sp³-hybridized carbons (Fsp3) is 0.607. The van der Waals surface area contributed by atoms with Crippen molar-refractivity contribution in [3.05, 3.63) is 29.4 Å². The van der Waals surface area contributed by atoms with Crippen molar-refractivity contribution in [2.75, 3.05) is 44.0 Å². The zero-order chi connectivity index (χ0) is 30.9. The van der Waals surface area contributed by atoms with Gasteiger partial charge in [-0.3, -0.25) is 14.0 Å². The van der Waals surface area contributed by atoms with Gasteiger partial charge in [0.1, 0.15) is 12.2 Å². The molecule has 3 aliphatic rings. The summed E-state index contributed by atoms with van der Waals surface area (Å²) in [5.74, 6) is 3.36. The number of fused-ring (bicyclic) bond motifs is 1. The lowest BCUT2D eigenvalue weighted by Crippen LogP contribution is -2.64. The Morgan fingerprint density at radius 3 is 2.84 bits per heavy atom. The van der Waals surface area contributed by atoms with Crippen molar-refractivity contribution >= 4 is 42.0 Å². The maximum absolute atomic E-state index is 13.4. The fourth-order valence-electron chi connectivity index (χ4n) is 6.46. The summed E-state index contributed by atoms with van der Waals surface area (Å²) >= 11 is 6.39. The molecule has 16 heteroatoms. The predicted octanol–water partition coefficient (Wildman–Crippen LogP) is 3.05. The number of piperidine rings is 1. The molecule has 1 spiro atoms. The van der Waals surface area contributed by atoms with Crippen LogP contribution in [0.25, 0.3) is 11.0 Å². The largest absolute Gasteiger partial charge is 0.366 e. The Bertz CT molecular complexity index is 1590. The molecule has 0 bridgehead atoms. The average Bonchev–Trinajstić information content (AvgIpc) is 3.73. The third kappa shape index (κ3) is 6.78. The van der Waals surface area contributed by atoms with E-state index in [1.165, 1.54) is 0 Å². The molecule has 2 atom stereocenters. The summed E-state index contributed by atoms with van der Waals surface area (Å²) in [6.07, 6.45) is 15.0. The number of anilines is 1. The number of halogens is 1. The Kier molecular flexibility index (Phi) is 8.97. The van der Waals surface area contributed by atoms with Crippen LogP contribution in [-0.4, -0.2) is 95.4 Å². The quantitative estimate of drug-likeness (QED) is 0.136. The lowest BCUT2D eigenvalue weighted by molar-refractivity contribution is -0.0391. The van der Waals surface area contributed by atoms with Gasteiger partial charge in [0.25, 0.3) is 5.91 Å². The van der Waals surface area contributed by atoms with Crippen molar-refractivity contribution in [3.8, 4) is 12.3 Å². The van der Waals surface area contributed by atoms with Gasteiger partial charge in [0.2, 0.25) is 5.28 Å². The number of carbonyl (C=O) groups is 1. The van der Waals surface area contributed by atoms with Gasteiger partial charge in [-0.15, -0.1) is 12.3 Å². The average molecular weight is 647 g/mol. The molecule has 3 saturated heterocycles. The number of amides is 1. The molecule has 0 radical (unpaired) electrons. The van der Waals surface area contributed by atoms with Crippen LogP contribution in [0.1, 0.15) is 61.5 Å². The van der Waals surface area contributed by atoms with Gasteiger partial charge in [0, 0.05) is 50.8 Å². The van der Waals surface area contributed by atoms with Gasteiger partial charge < -0.3 is 29.1 Å². The third-order valence-electron chi connectivity index (χ3n) is 8.47. The molecule has 3 aromatic rings. The number of unbranched alkanes of at least 4 members (excludes halogenated alkanes) is 2. The number of likely N-dealkylation sites (tertiary alicyclic amines) is 1. The minimum Gasteiger partial charge on any atom is -0.366 e. The number of hydrogen-bond donors (Lipinski definition) is 2. The van der Waals surface area contributed by atoms with Crippen molar-refractivity contribution in [2.45, 2.75) is 63.8 Å². The molecule has 3 aliphatic heterocycles. The summed E-state index contributed by atoms with van der Waals surface area (Å²) in [7, 11) is -4.24. The first-order chi connectivity index (χ1) is 21.1. The van der Waals surface area contributed by atoms with Crippen LogP contribution >= 0.6 is 19.2 Å². The third-order valence-corrected chi connectivity index (χ3v) is 9.15. The molecule has 3 fully saturated rings. The Morgan fingerprint density at radius 1 is 1.20 bits per heavy atom. The molecule has 6 rings (SSSR count). The van der Waals surface area contributed by atoms with Gasteiger partial charge in [-0.05, 0) is 50.1 Å². The smallest absolute Gasteiger partial charge is 0.350 e. The number of aryl methyl sites for hydroxylation is 1. The van der Waals surface area contributed by atoms with E-state index in [1.807, 2.05) is 15.8 Å². The molecule has 0 aliphatic carbocycles. The van der Waals surface area contributed by atoms with Crippen molar-refractivity contribution in [1.82, 2.24) is 34.4 Å². The number of rotatable bonds is 11. The summed E-state index contributed by atoms with van der Waals surface area (Å²) in [5.41, 5.74) is 1.13. The highest BCUT2D eigenvalue weighted by molar-refractivity contribution is 7.51. The van der Waals surface area contributed by atoms with Crippen LogP contribution in [0.5, 0.6) is 0 Å². The zero-order valence-electron chi connectivity index (χ0n) is 24.3. The fourth-order valence-corrected chi connectivity index (χ4v) is 6.96. The van der Waals surface area contributed by atoms with Crippen LogP contribution in [0.2, 0.25) is 5.28 Å². The summed E-state index contributed by atoms with van der Waals surface area (Å²) in [6.45, 7) is 3.67. The van der Waals surface area contributed by atoms with Crippen LogP contribution in [0.15, 0.2) is 18.6 Å². The molecule has 2 unspecified atom stereocenters. The normalized spacial score (nSPS) is 21.6. The predicted molar refractivity (Wildman–Crippen MR) is 161 cm³/mol. The minimum atomic E-state index is -4.24. The first kappa shape index (κ1) is 31.0. The summed E-state index contributed by atoms with van der Waals surface area (Å²) in [6, 6.07) is 0. The molecule has 2 N–H and O–H groups in total. The van der Waals surface area contributed by atoms with E-state index in [-0.39, 0.29) is 29.3 Å². The lowest BCUT2D eigenvalue weighted by Gasteiger charge is -2.55. The number of ether oxygens (including phenoxy) is 2. The molecule has 3 aromatic heterocycles. The van der Waals surface area contributed by atoms with E-state index in [9.17, 15) is 9.36 Å². The highest BCUT2D eigenvalue weighted by Crippen LogP contribution is 2.43. The van der Waals surface area contributed by atoms with E-state index in [1.54, 1.807) is 17.1 Å². The van der Waals surface area contributed by atoms with Gasteiger partial charge in [-0.1, -0.05) is 0 Å². The van der Waals surface area contributed by atoms with Crippen LogP contribution in [0.3, 0.4) is 0 Å². The first-order valence-electron chi connectivity index (χ1n) is 14.8. The number of terminal acetylenes is 1. The maximum atomic E-state index is 13.4. The second kappa shape index (κ2) is 12.7. The zero-order valence-corrected chi connectivity index (χ0v) is 25.9. The number of aromatic nitrogens is 6. The van der Waals surface area contributed by atoms with Crippen LogP contribution in [0.4, 0.5) is 5.82 Å². The highest BCUT2D eigenvalue weighted by Gasteiger charge is 2.48. The molecule has 14 nitrogen and oxygen atoms in total. The molecule has 1 amide bonds. The molecular weight excluding hydrogens is 611 g/mol. The monoisotopic (exact) mass is 646 g/mol. The number of carbonyl (C=O) groups excluding carboxylic acids is 1. The van der Waals surface area contributed by atoms with E-state index in [0.29, 0.717) is 36.4 Å². The lowest BCUT2D eigenvalue weighted by atomic mass is 9.73. The molecule has 236 valence electrons. The highest BCUT2D eigenvalue weighted by atomic mass is 35.5. The Hall–Kier alpha value is -3.05.